The van der Waals surface area contributed by atoms with Crippen molar-refractivity contribution < 1.29 is 9.94 Å². The molecule has 18 heavy (non-hydrogen) atoms. The predicted molar refractivity (Wildman–Crippen MR) is 71.1 cm³/mol. The number of likely N-dealkylation sites (N-methyl/N-ethyl adjacent to an activating group) is 1. The maximum Gasteiger partial charge on any atom is 0.188 e. The van der Waals surface area contributed by atoms with Crippen LogP contribution < -0.4 is 10.6 Å². The molecule has 0 radical (unpaired) electrons. The standard InChI is InChI=1S/C12H20N4O2/c1-9(2)18-7-6-16(3)10-4-5-14-11(8-10)12(13)15-17/h4-5,8-9,17H,6-7H2,1-3H3,(H2,13,15). The van der Waals surface area contributed by atoms with E-state index in [2.05, 4.69) is 10.1 Å². The van der Waals surface area contributed by atoms with E-state index < -0.39 is 0 Å². The minimum atomic E-state index is 0.00341. The largest absolute Gasteiger partial charge is 0.409 e. The van der Waals surface area contributed by atoms with Gasteiger partial charge in [0.2, 0.25) is 0 Å². The van der Waals surface area contributed by atoms with Crippen LogP contribution in [0.15, 0.2) is 23.5 Å². The van der Waals surface area contributed by atoms with Gasteiger partial charge < -0.3 is 20.6 Å². The highest BCUT2D eigenvalue weighted by Crippen LogP contribution is 2.12. The van der Waals surface area contributed by atoms with E-state index in [1.807, 2.05) is 31.9 Å². The Bertz CT molecular complexity index is 407. The van der Waals surface area contributed by atoms with E-state index in [9.17, 15) is 0 Å². The molecule has 0 spiro atoms. The third-order valence-electron chi connectivity index (χ3n) is 2.43. The number of nitrogens with zero attached hydrogens (tertiary/aromatic N) is 3. The van der Waals surface area contributed by atoms with Crippen LogP contribution >= 0.6 is 0 Å². The molecule has 0 unspecified atom stereocenters. The number of pyridine rings is 1. The number of hydrogen-bond acceptors (Lipinski definition) is 5. The fourth-order valence-corrected chi connectivity index (χ4v) is 1.40. The summed E-state index contributed by atoms with van der Waals surface area (Å²) in [6.45, 7) is 5.42. The van der Waals surface area contributed by atoms with E-state index in [0.717, 1.165) is 12.2 Å². The van der Waals surface area contributed by atoms with Crippen molar-refractivity contribution in [3.05, 3.63) is 24.0 Å². The molecule has 1 aromatic heterocycles. The third kappa shape index (κ3) is 4.21. The van der Waals surface area contributed by atoms with Gasteiger partial charge in [-0.15, -0.1) is 0 Å². The molecule has 0 fully saturated rings. The lowest BCUT2D eigenvalue weighted by molar-refractivity contribution is 0.0846. The third-order valence-corrected chi connectivity index (χ3v) is 2.43. The highest BCUT2D eigenvalue weighted by atomic mass is 16.5. The molecule has 0 aliphatic carbocycles. The number of hydrogen-bond donors (Lipinski definition) is 2. The van der Waals surface area contributed by atoms with E-state index >= 15 is 0 Å². The minimum Gasteiger partial charge on any atom is -0.409 e. The van der Waals surface area contributed by atoms with Crippen molar-refractivity contribution in [2.45, 2.75) is 20.0 Å². The van der Waals surface area contributed by atoms with Gasteiger partial charge in [0.15, 0.2) is 5.84 Å². The fourth-order valence-electron chi connectivity index (χ4n) is 1.40. The van der Waals surface area contributed by atoms with Crippen LogP contribution in [0, 0.1) is 0 Å². The smallest absolute Gasteiger partial charge is 0.188 e. The second-order valence-corrected chi connectivity index (χ2v) is 4.23. The Morgan fingerprint density at radius 1 is 1.61 bits per heavy atom. The van der Waals surface area contributed by atoms with E-state index in [1.54, 1.807) is 12.3 Å². The van der Waals surface area contributed by atoms with Crippen molar-refractivity contribution in [1.29, 1.82) is 0 Å². The molecule has 0 atom stereocenters. The van der Waals surface area contributed by atoms with Gasteiger partial charge in [0, 0.05) is 25.5 Å². The van der Waals surface area contributed by atoms with Crippen LogP contribution in [0.3, 0.4) is 0 Å². The van der Waals surface area contributed by atoms with Crippen molar-refractivity contribution in [3.8, 4) is 0 Å². The first kappa shape index (κ1) is 14.2. The SMILES string of the molecule is CC(C)OCCN(C)c1ccnc(/C(N)=N/O)c1. The molecule has 0 aliphatic rings. The average Bonchev–Trinajstić information content (AvgIpc) is 2.37. The summed E-state index contributed by atoms with van der Waals surface area (Å²) in [5, 5.41) is 11.5. The number of anilines is 1. The van der Waals surface area contributed by atoms with Gasteiger partial charge in [-0.1, -0.05) is 5.16 Å². The summed E-state index contributed by atoms with van der Waals surface area (Å²) in [6, 6.07) is 3.63. The number of rotatable bonds is 6. The van der Waals surface area contributed by atoms with Gasteiger partial charge in [-0.2, -0.15) is 0 Å². The van der Waals surface area contributed by atoms with Crippen molar-refractivity contribution in [2.24, 2.45) is 10.9 Å². The van der Waals surface area contributed by atoms with Crippen LogP contribution in [-0.4, -0.2) is 42.3 Å². The van der Waals surface area contributed by atoms with Gasteiger partial charge in [0.05, 0.1) is 12.7 Å². The van der Waals surface area contributed by atoms with Crippen molar-refractivity contribution in [3.63, 3.8) is 0 Å². The Kier molecular flexibility index (Phi) is 5.38. The van der Waals surface area contributed by atoms with Gasteiger partial charge in [-0.3, -0.25) is 4.98 Å². The quantitative estimate of drug-likeness (QED) is 0.342. The summed E-state index contributed by atoms with van der Waals surface area (Å²) in [7, 11) is 1.95. The summed E-state index contributed by atoms with van der Waals surface area (Å²) in [5.74, 6) is 0.00341. The van der Waals surface area contributed by atoms with Crippen molar-refractivity contribution >= 4 is 11.5 Å². The van der Waals surface area contributed by atoms with Crippen LogP contribution in [-0.2, 0) is 4.74 Å². The molecule has 0 amide bonds. The van der Waals surface area contributed by atoms with E-state index in [0.29, 0.717) is 12.3 Å². The summed E-state index contributed by atoms with van der Waals surface area (Å²) in [4.78, 5) is 6.05. The molecular weight excluding hydrogens is 232 g/mol. The number of amidine groups is 1. The van der Waals surface area contributed by atoms with Gasteiger partial charge >= 0.3 is 0 Å². The second kappa shape index (κ2) is 6.80. The molecule has 3 N–H and O–H groups in total. The number of ether oxygens (including phenoxy) is 1. The average molecular weight is 252 g/mol. The first-order valence-corrected chi connectivity index (χ1v) is 5.81. The summed E-state index contributed by atoms with van der Waals surface area (Å²) in [6.07, 6.45) is 1.85. The number of aromatic nitrogens is 1. The van der Waals surface area contributed by atoms with Crippen LogP contribution in [0.5, 0.6) is 0 Å². The Balaban J connectivity index is 2.65. The van der Waals surface area contributed by atoms with Crippen LogP contribution in [0.2, 0.25) is 0 Å². The van der Waals surface area contributed by atoms with Crippen LogP contribution in [0.1, 0.15) is 19.5 Å². The molecular formula is C12H20N4O2. The molecule has 0 bridgehead atoms. The highest BCUT2D eigenvalue weighted by molar-refractivity contribution is 5.95. The molecule has 0 saturated heterocycles. The second-order valence-electron chi connectivity index (χ2n) is 4.23. The number of nitrogens with two attached hydrogens (primary N) is 1. The van der Waals surface area contributed by atoms with Crippen LogP contribution in [0.4, 0.5) is 5.69 Å². The molecule has 1 heterocycles. The molecule has 0 saturated carbocycles. The zero-order valence-electron chi connectivity index (χ0n) is 11.0. The maximum absolute atomic E-state index is 8.61. The molecule has 100 valence electrons. The summed E-state index contributed by atoms with van der Waals surface area (Å²) >= 11 is 0. The Labute approximate surface area is 107 Å². The Morgan fingerprint density at radius 3 is 2.94 bits per heavy atom. The molecule has 1 rings (SSSR count). The van der Waals surface area contributed by atoms with Crippen molar-refractivity contribution in [2.75, 3.05) is 25.1 Å². The highest BCUT2D eigenvalue weighted by Gasteiger charge is 2.06. The van der Waals surface area contributed by atoms with Crippen molar-refractivity contribution in [1.82, 2.24) is 4.98 Å². The lowest BCUT2D eigenvalue weighted by Gasteiger charge is -2.20. The first-order valence-electron chi connectivity index (χ1n) is 5.81. The molecule has 0 aromatic carbocycles. The molecule has 6 nitrogen and oxygen atoms in total. The minimum absolute atomic E-state index is 0.00341. The topological polar surface area (TPSA) is 84.0 Å². The lowest BCUT2D eigenvalue weighted by atomic mass is 10.3. The Hall–Kier alpha value is -1.82. The Morgan fingerprint density at radius 2 is 2.33 bits per heavy atom. The van der Waals surface area contributed by atoms with E-state index in [1.165, 1.54) is 0 Å². The van der Waals surface area contributed by atoms with Gasteiger partial charge in [-0.25, -0.2) is 0 Å². The number of oxime groups is 1. The fraction of sp³-hybridized carbons (Fsp3) is 0.500. The van der Waals surface area contributed by atoms with Crippen LogP contribution in [0.25, 0.3) is 0 Å². The monoisotopic (exact) mass is 252 g/mol. The zero-order valence-corrected chi connectivity index (χ0v) is 11.0. The molecule has 1 aromatic rings. The first-order chi connectivity index (χ1) is 8.54. The molecule has 0 aliphatic heterocycles. The summed E-state index contributed by atoms with van der Waals surface area (Å²) < 4.78 is 5.49. The lowest BCUT2D eigenvalue weighted by Crippen LogP contribution is -2.24. The zero-order chi connectivity index (χ0) is 13.5. The van der Waals surface area contributed by atoms with E-state index in [4.69, 9.17) is 15.7 Å². The maximum atomic E-state index is 8.61. The summed E-state index contributed by atoms with van der Waals surface area (Å²) in [5.41, 5.74) is 6.89. The van der Waals surface area contributed by atoms with E-state index in [-0.39, 0.29) is 11.9 Å². The van der Waals surface area contributed by atoms with Gasteiger partial charge in [-0.05, 0) is 26.0 Å². The van der Waals surface area contributed by atoms with Gasteiger partial charge in [0.25, 0.3) is 0 Å². The predicted octanol–water partition coefficient (Wildman–Crippen LogP) is 1.04. The normalized spacial score (nSPS) is 11.9. The molecule has 6 heteroatoms. The van der Waals surface area contributed by atoms with Gasteiger partial charge in [0.1, 0.15) is 5.69 Å².